The summed E-state index contributed by atoms with van der Waals surface area (Å²) in [6.07, 6.45) is 6.44. The summed E-state index contributed by atoms with van der Waals surface area (Å²) in [6, 6.07) is 0. The molecule has 0 spiro atoms. The molecule has 1 aliphatic rings. The van der Waals surface area contributed by atoms with Crippen molar-refractivity contribution in [1.29, 1.82) is 0 Å². The summed E-state index contributed by atoms with van der Waals surface area (Å²) in [5.74, 6) is 5.63. The van der Waals surface area contributed by atoms with Crippen LogP contribution in [0.5, 0.6) is 0 Å². The van der Waals surface area contributed by atoms with Gasteiger partial charge in [-0.25, -0.2) is 4.79 Å². The highest BCUT2D eigenvalue weighted by Gasteiger charge is 2.34. The molecule has 0 aromatic carbocycles. The van der Waals surface area contributed by atoms with Crippen LogP contribution in [0.2, 0.25) is 0 Å². The number of rotatable bonds is 5. The number of unbranched alkanes of at least 4 members (excludes halogenated alkanes) is 3. The van der Waals surface area contributed by atoms with Crippen molar-refractivity contribution in [2.75, 3.05) is 13.1 Å². The maximum Gasteiger partial charge on any atom is 0.384 e. The van der Waals surface area contributed by atoms with Crippen molar-refractivity contribution in [2.24, 2.45) is 5.92 Å². The van der Waals surface area contributed by atoms with Crippen LogP contribution in [0, 0.1) is 17.8 Å². The quantitative estimate of drug-likeness (QED) is 0.357. The number of piperidine rings is 1. The van der Waals surface area contributed by atoms with Gasteiger partial charge in [-0.05, 0) is 20.3 Å². The molecule has 0 aromatic rings. The van der Waals surface area contributed by atoms with Gasteiger partial charge in [0.1, 0.15) is 5.60 Å². The average Bonchev–Trinajstić information content (AvgIpc) is 2.39. The van der Waals surface area contributed by atoms with Crippen molar-refractivity contribution >= 4 is 5.97 Å². The lowest BCUT2D eigenvalue weighted by molar-refractivity contribution is -0.665. The molecule has 0 atom stereocenters. The zero-order valence-corrected chi connectivity index (χ0v) is 12.6. The molecular weight excluding hydrogens is 238 g/mol. The van der Waals surface area contributed by atoms with Crippen LogP contribution in [-0.4, -0.2) is 24.7 Å². The second-order valence-electron chi connectivity index (χ2n) is 5.89. The fraction of sp³-hybridized carbons (Fsp3) is 0.812. The van der Waals surface area contributed by atoms with Crippen LogP contribution in [0.4, 0.5) is 0 Å². The molecule has 0 saturated carbocycles. The van der Waals surface area contributed by atoms with Gasteiger partial charge in [0, 0.05) is 31.1 Å². The summed E-state index contributed by atoms with van der Waals surface area (Å²) >= 11 is 0. The zero-order valence-electron chi connectivity index (χ0n) is 12.6. The molecule has 0 aromatic heterocycles. The summed E-state index contributed by atoms with van der Waals surface area (Å²) in [7, 11) is 0. The molecule has 108 valence electrons. The minimum absolute atomic E-state index is 0.365. The van der Waals surface area contributed by atoms with E-state index in [-0.39, 0.29) is 11.6 Å². The van der Waals surface area contributed by atoms with E-state index in [1.165, 1.54) is 12.8 Å². The molecule has 1 heterocycles. The van der Waals surface area contributed by atoms with Gasteiger partial charge < -0.3 is 10.1 Å². The molecular formula is C16H28NO2+. The Morgan fingerprint density at radius 2 is 2.00 bits per heavy atom. The van der Waals surface area contributed by atoms with Crippen molar-refractivity contribution in [3.8, 4) is 11.8 Å². The third-order valence-corrected chi connectivity index (χ3v) is 3.87. The Bertz CT molecular complexity index is 332. The van der Waals surface area contributed by atoms with Crippen molar-refractivity contribution < 1.29 is 14.8 Å². The first-order valence-corrected chi connectivity index (χ1v) is 7.59. The number of carbonyl (C=O) groups excluding carboxylic acids is 1. The first-order chi connectivity index (χ1) is 9.06. The second-order valence-corrected chi connectivity index (χ2v) is 5.89. The first kappa shape index (κ1) is 16.0. The Kier molecular flexibility index (Phi) is 6.94. The molecule has 0 unspecified atom stereocenters. The SMILES string of the molecule is CCCCCC#CC(=O)OC(C)(C)C1CC[NH2+]CC1. The molecule has 2 N–H and O–H groups in total. The molecule has 0 aliphatic carbocycles. The molecule has 0 bridgehead atoms. The molecule has 1 rings (SSSR count). The maximum atomic E-state index is 11.7. The number of ether oxygens (including phenoxy) is 1. The third kappa shape index (κ3) is 6.11. The van der Waals surface area contributed by atoms with Gasteiger partial charge in [-0.15, -0.1) is 0 Å². The summed E-state index contributed by atoms with van der Waals surface area (Å²) in [5, 5.41) is 2.32. The number of quaternary nitrogens is 1. The topological polar surface area (TPSA) is 42.9 Å². The molecule has 0 amide bonds. The van der Waals surface area contributed by atoms with Gasteiger partial charge in [0.15, 0.2) is 0 Å². The van der Waals surface area contributed by atoms with Crippen LogP contribution in [0.1, 0.15) is 59.3 Å². The summed E-state index contributed by atoms with van der Waals surface area (Å²) in [4.78, 5) is 11.7. The van der Waals surface area contributed by atoms with Crippen molar-refractivity contribution in [3.05, 3.63) is 0 Å². The smallest absolute Gasteiger partial charge is 0.384 e. The number of nitrogens with two attached hydrogens (primary N) is 1. The van der Waals surface area contributed by atoms with Crippen LogP contribution < -0.4 is 5.32 Å². The van der Waals surface area contributed by atoms with Crippen LogP contribution >= 0.6 is 0 Å². The molecule has 0 radical (unpaired) electrons. The molecule has 3 nitrogen and oxygen atoms in total. The first-order valence-electron chi connectivity index (χ1n) is 7.59. The Labute approximate surface area is 117 Å². The number of esters is 1. The van der Waals surface area contributed by atoms with E-state index in [1.807, 2.05) is 13.8 Å². The van der Waals surface area contributed by atoms with E-state index < -0.39 is 0 Å². The van der Waals surface area contributed by atoms with E-state index in [9.17, 15) is 4.79 Å². The minimum Gasteiger partial charge on any atom is -0.450 e. The normalized spacial score (nSPS) is 16.6. The molecule has 1 saturated heterocycles. The lowest BCUT2D eigenvalue weighted by atomic mass is 9.83. The van der Waals surface area contributed by atoms with Gasteiger partial charge in [0.25, 0.3) is 0 Å². The Balaban J connectivity index is 2.36. The lowest BCUT2D eigenvalue weighted by Crippen LogP contribution is -2.86. The minimum atomic E-state index is -0.385. The highest BCUT2D eigenvalue weighted by atomic mass is 16.6. The number of hydrogen-bond donors (Lipinski definition) is 1. The van der Waals surface area contributed by atoms with Crippen LogP contribution in [0.3, 0.4) is 0 Å². The Morgan fingerprint density at radius 1 is 1.32 bits per heavy atom. The summed E-state index contributed by atoms with van der Waals surface area (Å²) in [5.41, 5.74) is -0.385. The molecule has 3 heteroatoms. The highest BCUT2D eigenvalue weighted by Crippen LogP contribution is 2.27. The van der Waals surface area contributed by atoms with Crippen molar-refractivity contribution in [1.82, 2.24) is 0 Å². The monoisotopic (exact) mass is 266 g/mol. The number of carbonyl (C=O) groups is 1. The van der Waals surface area contributed by atoms with Gasteiger partial charge in [-0.2, -0.15) is 0 Å². The third-order valence-electron chi connectivity index (χ3n) is 3.87. The average molecular weight is 266 g/mol. The summed E-state index contributed by atoms with van der Waals surface area (Å²) < 4.78 is 5.56. The van der Waals surface area contributed by atoms with Gasteiger partial charge in [0.05, 0.1) is 13.1 Å². The van der Waals surface area contributed by atoms with Crippen molar-refractivity contribution in [2.45, 2.75) is 64.9 Å². The van der Waals surface area contributed by atoms with E-state index >= 15 is 0 Å². The van der Waals surface area contributed by atoms with Gasteiger partial charge in [-0.3, -0.25) is 0 Å². The zero-order chi connectivity index (χ0) is 14.1. The van der Waals surface area contributed by atoms with E-state index in [0.29, 0.717) is 5.92 Å². The summed E-state index contributed by atoms with van der Waals surface area (Å²) in [6.45, 7) is 8.45. The standard InChI is InChI=1S/C16H27NO2/c1-4-5-6-7-8-9-15(18)19-16(2,3)14-10-12-17-13-11-14/h14,17H,4-7,10-13H2,1-3H3/p+1. The largest absolute Gasteiger partial charge is 0.450 e. The predicted molar refractivity (Wildman–Crippen MR) is 76.5 cm³/mol. The van der Waals surface area contributed by atoms with Gasteiger partial charge in [0.2, 0.25) is 0 Å². The maximum absolute atomic E-state index is 11.7. The van der Waals surface area contributed by atoms with Crippen LogP contribution in [-0.2, 0) is 9.53 Å². The molecule has 1 fully saturated rings. The fourth-order valence-electron chi connectivity index (χ4n) is 2.57. The lowest BCUT2D eigenvalue weighted by Gasteiger charge is -2.34. The van der Waals surface area contributed by atoms with E-state index in [4.69, 9.17) is 4.74 Å². The van der Waals surface area contributed by atoms with Gasteiger partial charge >= 0.3 is 5.97 Å². The Morgan fingerprint density at radius 3 is 2.63 bits per heavy atom. The fourth-order valence-corrected chi connectivity index (χ4v) is 2.57. The van der Waals surface area contributed by atoms with E-state index in [1.54, 1.807) is 0 Å². The molecule has 1 aliphatic heterocycles. The van der Waals surface area contributed by atoms with E-state index in [2.05, 4.69) is 24.1 Å². The van der Waals surface area contributed by atoms with Crippen molar-refractivity contribution in [3.63, 3.8) is 0 Å². The second kappa shape index (κ2) is 8.22. The van der Waals surface area contributed by atoms with E-state index in [0.717, 1.165) is 38.8 Å². The number of hydrogen-bond acceptors (Lipinski definition) is 2. The van der Waals surface area contributed by atoms with Gasteiger partial charge in [-0.1, -0.05) is 25.7 Å². The van der Waals surface area contributed by atoms with Crippen LogP contribution in [0.15, 0.2) is 0 Å². The highest BCUT2D eigenvalue weighted by molar-refractivity contribution is 5.88. The predicted octanol–water partition coefficient (Wildman–Crippen LogP) is 1.87. The van der Waals surface area contributed by atoms with Crippen LogP contribution in [0.25, 0.3) is 0 Å². The Hall–Kier alpha value is -1.01. The molecule has 19 heavy (non-hydrogen) atoms.